The average molecular weight is 276 g/mol. The number of carbonyl (C=O) groups excluding carboxylic acids is 1. The molecular formula is C16H24N2O2. The van der Waals surface area contributed by atoms with Gasteiger partial charge in [0.2, 0.25) is 0 Å². The Morgan fingerprint density at radius 2 is 2.25 bits per heavy atom. The first kappa shape index (κ1) is 14.9. The van der Waals surface area contributed by atoms with Crippen molar-refractivity contribution in [3.05, 3.63) is 23.8 Å². The van der Waals surface area contributed by atoms with E-state index in [1.807, 2.05) is 25.2 Å². The maximum absolute atomic E-state index is 12.1. The number of anilines is 1. The summed E-state index contributed by atoms with van der Waals surface area (Å²) in [7, 11) is 2.05. The molecule has 4 nitrogen and oxygen atoms in total. The number of fused-ring (bicyclic) bond motifs is 1. The van der Waals surface area contributed by atoms with Crippen LogP contribution in [0.15, 0.2) is 18.2 Å². The summed E-state index contributed by atoms with van der Waals surface area (Å²) in [6, 6.07) is 5.70. The van der Waals surface area contributed by atoms with E-state index in [2.05, 4.69) is 18.7 Å². The quantitative estimate of drug-likeness (QED) is 0.839. The van der Waals surface area contributed by atoms with Crippen LogP contribution in [-0.2, 0) is 0 Å². The van der Waals surface area contributed by atoms with Gasteiger partial charge in [0.25, 0.3) is 0 Å². The normalized spacial score (nSPS) is 17.9. The summed E-state index contributed by atoms with van der Waals surface area (Å²) in [5.74, 6) is 1.49. The molecule has 110 valence electrons. The van der Waals surface area contributed by atoms with Crippen LogP contribution >= 0.6 is 0 Å². The van der Waals surface area contributed by atoms with Crippen LogP contribution in [0.4, 0.5) is 5.69 Å². The Bertz CT molecular complexity index is 485. The molecular weight excluding hydrogens is 252 g/mol. The predicted octanol–water partition coefficient (Wildman–Crippen LogP) is 2.46. The molecule has 0 fully saturated rings. The summed E-state index contributed by atoms with van der Waals surface area (Å²) in [4.78, 5) is 14.2. The molecule has 0 spiro atoms. The van der Waals surface area contributed by atoms with Gasteiger partial charge in [-0.15, -0.1) is 0 Å². The van der Waals surface area contributed by atoms with Gasteiger partial charge in [-0.05, 0) is 37.1 Å². The molecule has 1 aromatic rings. The van der Waals surface area contributed by atoms with Crippen LogP contribution in [-0.4, -0.2) is 32.0 Å². The minimum absolute atomic E-state index is 0.151. The number of ether oxygens (including phenoxy) is 1. The number of hydrogen-bond donors (Lipinski definition) is 1. The molecule has 0 aromatic heterocycles. The van der Waals surface area contributed by atoms with Crippen molar-refractivity contribution in [3.8, 4) is 5.75 Å². The van der Waals surface area contributed by atoms with Gasteiger partial charge >= 0.3 is 0 Å². The van der Waals surface area contributed by atoms with Gasteiger partial charge < -0.3 is 15.4 Å². The first-order chi connectivity index (χ1) is 9.52. The fourth-order valence-corrected chi connectivity index (χ4v) is 2.41. The summed E-state index contributed by atoms with van der Waals surface area (Å²) in [5.41, 5.74) is 7.20. The number of nitrogens with zero attached hydrogens (tertiary/aromatic N) is 1. The molecule has 0 bridgehead atoms. The molecule has 0 saturated heterocycles. The topological polar surface area (TPSA) is 55.6 Å². The van der Waals surface area contributed by atoms with Gasteiger partial charge in [-0.2, -0.15) is 0 Å². The molecule has 1 aromatic carbocycles. The molecule has 20 heavy (non-hydrogen) atoms. The van der Waals surface area contributed by atoms with Crippen molar-refractivity contribution >= 4 is 11.5 Å². The second-order valence-corrected chi connectivity index (χ2v) is 5.78. The summed E-state index contributed by atoms with van der Waals surface area (Å²) in [6.07, 6.45) is 1.44. The maximum Gasteiger partial charge on any atom is 0.163 e. The Morgan fingerprint density at radius 3 is 2.90 bits per heavy atom. The zero-order valence-electron chi connectivity index (χ0n) is 12.6. The van der Waals surface area contributed by atoms with Crippen molar-refractivity contribution in [2.24, 2.45) is 11.7 Å². The molecule has 1 unspecified atom stereocenters. The van der Waals surface area contributed by atoms with Crippen molar-refractivity contribution in [2.75, 3.05) is 25.0 Å². The van der Waals surface area contributed by atoms with Crippen molar-refractivity contribution in [1.82, 2.24) is 0 Å². The van der Waals surface area contributed by atoms with E-state index >= 15 is 0 Å². The number of likely N-dealkylation sites (N-methyl/N-ethyl adjacent to an activating group) is 1. The minimum Gasteiger partial charge on any atom is -0.486 e. The summed E-state index contributed by atoms with van der Waals surface area (Å²) in [6.45, 7) is 5.73. The third-order valence-electron chi connectivity index (χ3n) is 3.78. The third kappa shape index (κ3) is 3.12. The van der Waals surface area contributed by atoms with Gasteiger partial charge in [-0.3, -0.25) is 4.79 Å². The molecule has 1 aliphatic rings. The van der Waals surface area contributed by atoms with Crippen molar-refractivity contribution < 1.29 is 9.53 Å². The Balaban J connectivity index is 2.20. The molecule has 2 rings (SSSR count). The molecule has 1 atom stereocenters. The second kappa shape index (κ2) is 6.27. The van der Waals surface area contributed by atoms with Gasteiger partial charge in [-0.25, -0.2) is 0 Å². The van der Waals surface area contributed by atoms with Crippen molar-refractivity contribution in [2.45, 2.75) is 32.8 Å². The highest BCUT2D eigenvalue weighted by Crippen LogP contribution is 2.35. The number of carbonyl (C=O) groups is 1. The molecule has 0 saturated carbocycles. The summed E-state index contributed by atoms with van der Waals surface area (Å²) < 4.78 is 6.01. The molecule has 2 N–H and O–H groups in total. The largest absolute Gasteiger partial charge is 0.486 e. The Hall–Kier alpha value is -1.55. The average Bonchev–Trinajstić information content (AvgIpc) is 2.44. The van der Waals surface area contributed by atoms with E-state index in [4.69, 9.17) is 10.5 Å². The van der Waals surface area contributed by atoms with E-state index in [1.165, 1.54) is 0 Å². The molecule has 0 radical (unpaired) electrons. The smallest absolute Gasteiger partial charge is 0.163 e. The lowest BCUT2D eigenvalue weighted by Crippen LogP contribution is -2.40. The third-order valence-corrected chi connectivity index (χ3v) is 3.78. The van der Waals surface area contributed by atoms with Crippen LogP contribution in [0.1, 0.15) is 37.0 Å². The molecule has 0 aliphatic carbocycles. The Labute approximate surface area is 120 Å². The van der Waals surface area contributed by atoms with Gasteiger partial charge in [0.15, 0.2) is 5.78 Å². The van der Waals surface area contributed by atoms with E-state index in [0.29, 0.717) is 18.9 Å². The fourth-order valence-electron chi connectivity index (χ4n) is 2.41. The molecule has 0 amide bonds. The lowest BCUT2D eigenvalue weighted by molar-refractivity contribution is 0.0980. The second-order valence-electron chi connectivity index (χ2n) is 5.78. The first-order valence-electron chi connectivity index (χ1n) is 7.28. The zero-order valence-corrected chi connectivity index (χ0v) is 12.6. The van der Waals surface area contributed by atoms with Gasteiger partial charge in [-0.1, -0.05) is 13.8 Å². The Kier molecular flexibility index (Phi) is 4.65. The van der Waals surface area contributed by atoms with Gasteiger partial charge in [0.05, 0.1) is 12.2 Å². The maximum atomic E-state index is 12.1. The molecule has 1 aliphatic heterocycles. The summed E-state index contributed by atoms with van der Waals surface area (Å²) in [5, 5.41) is 0. The number of hydrogen-bond acceptors (Lipinski definition) is 4. The van der Waals surface area contributed by atoms with Gasteiger partial charge in [0.1, 0.15) is 11.9 Å². The van der Waals surface area contributed by atoms with Crippen LogP contribution < -0.4 is 15.4 Å². The Morgan fingerprint density at radius 1 is 1.50 bits per heavy atom. The van der Waals surface area contributed by atoms with Gasteiger partial charge in [0, 0.05) is 19.0 Å². The highest BCUT2D eigenvalue weighted by molar-refractivity contribution is 5.97. The van der Waals surface area contributed by atoms with E-state index in [0.717, 1.165) is 30.0 Å². The fraction of sp³-hybridized carbons (Fsp3) is 0.562. The van der Waals surface area contributed by atoms with E-state index in [1.54, 1.807) is 0 Å². The zero-order chi connectivity index (χ0) is 14.7. The number of benzene rings is 1. The van der Waals surface area contributed by atoms with Crippen LogP contribution in [0.25, 0.3) is 0 Å². The van der Waals surface area contributed by atoms with Crippen LogP contribution in [0.3, 0.4) is 0 Å². The summed E-state index contributed by atoms with van der Waals surface area (Å²) >= 11 is 0. The highest BCUT2D eigenvalue weighted by Gasteiger charge is 2.26. The number of Topliss-reactive ketones (excluding diaryl/α,β-unsaturated/α-hetero) is 1. The first-order valence-corrected chi connectivity index (χ1v) is 7.28. The van der Waals surface area contributed by atoms with Crippen molar-refractivity contribution in [1.29, 1.82) is 0 Å². The SMILES string of the molecule is CC(C)C1CN(C)c2cc(C(=O)CCCN)ccc2O1. The molecule has 1 heterocycles. The van der Waals surface area contributed by atoms with E-state index in [9.17, 15) is 4.79 Å². The lowest BCUT2D eigenvalue weighted by atomic mass is 10.0. The van der Waals surface area contributed by atoms with Crippen LogP contribution in [0, 0.1) is 5.92 Å². The molecule has 4 heteroatoms. The minimum atomic E-state index is 0.151. The number of nitrogens with two attached hydrogens (primary N) is 1. The number of ketones is 1. The van der Waals surface area contributed by atoms with E-state index < -0.39 is 0 Å². The van der Waals surface area contributed by atoms with Crippen LogP contribution in [0.2, 0.25) is 0 Å². The number of rotatable bonds is 5. The van der Waals surface area contributed by atoms with Crippen molar-refractivity contribution in [3.63, 3.8) is 0 Å². The highest BCUT2D eigenvalue weighted by atomic mass is 16.5. The standard InChI is InChI=1S/C16H24N2O2/c1-11(2)16-10-18(3)13-9-12(6-7-15(13)20-16)14(19)5-4-8-17/h6-7,9,11,16H,4-5,8,10,17H2,1-3H3. The van der Waals surface area contributed by atoms with E-state index in [-0.39, 0.29) is 11.9 Å². The monoisotopic (exact) mass is 276 g/mol. The predicted molar refractivity (Wildman–Crippen MR) is 81.6 cm³/mol. The van der Waals surface area contributed by atoms with Crippen LogP contribution in [0.5, 0.6) is 5.75 Å². The lowest BCUT2D eigenvalue weighted by Gasteiger charge is -2.36.